The second kappa shape index (κ2) is 7.11. The van der Waals surface area contributed by atoms with Gasteiger partial charge in [-0.15, -0.1) is 23.1 Å². The summed E-state index contributed by atoms with van der Waals surface area (Å²) in [4.78, 5) is 17.2. The summed E-state index contributed by atoms with van der Waals surface area (Å²) in [5, 5.41) is 6.16. The van der Waals surface area contributed by atoms with Crippen LogP contribution in [-0.2, 0) is 4.79 Å². The van der Waals surface area contributed by atoms with Crippen LogP contribution >= 0.6 is 34.7 Å². The quantitative estimate of drug-likeness (QED) is 0.813. The molecule has 0 saturated carbocycles. The lowest BCUT2D eigenvalue weighted by atomic mass is 10.2. The first-order valence-electron chi connectivity index (χ1n) is 6.18. The van der Waals surface area contributed by atoms with Crippen molar-refractivity contribution in [2.75, 3.05) is 11.1 Å². The van der Waals surface area contributed by atoms with E-state index in [9.17, 15) is 4.79 Å². The average Bonchev–Trinajstić information content (AvgIpc) is 2.87. The van der Waals surface area contributed by atoms with E-state index in [1.54, 1.807) is 0 Å². The number of hydrogen-bond acceptors (Lipinski definition) is 4. The number of anilines is 1. The first-order chi connectivity index (χ1) is 9.54. The second-order valence-electron chi connectivity index (χ2n) is 4.52. The fraction of sp³-hybridized carbons (Fsp3) is 0.286. The molecule has 0 aliphatic heterocycles. The molecule has 20 heavy (non-hydrogen) atoms. The number of hydrogen-bond donors (Lipinski definition) is 1. The average molecular weight is 327 g/mol. The topological polar surface area (TPSA) is 42.0 Å². The van der Waals surface area contributed by atoms with Crippen molar-refractivity contribution in [2.45, 2.75) is 24.7 Å². The molecular weight excluding hydrogens is 312 g/mol. The second-order valence-corrected chi connectivity index (χ2v) is 6.87. The van der Waals surface area contributed by atoms with E-state index in [1.165, 1.54) is 23.1 Å². The summed E-state index contributed by atoms with van der Waals surface area (Å²) < 4.78 is 0. The maximum absolute atomic E-state index is 11.8. The molecule has 0 aliphatic carbocycles. The van der Waals surface area contributed by atoms with E-state index in [2.05, 4.69) is 24.1 Å². The molecule has 0 spiro atoms. The molecular formula is C14H15ClN2OS2. The van der Waals surface area contributed by atoms with Crippen molar-refractivity contribution in [2.24, 2.45) is 0 Å². The van der Waals surface area contributed by atoms with Crippen LogP contribution in [0.3, 0.4) is 0 Å². The summed E-state index contributed by atoms with van der Waals surface area (Å²) in [5.41, 5.74) is 1.01. The van der Waals surface area contributed by atoms with Gasteiger partial charge in [-0.05, 0) is 30.2 Å². The number of aromatic nitrogens is 1. The first-order valence-corrected chi connectivity index (χ1v) is 8.42. The van der Waals surface area contributed by atoms with Gasteiger partial charge in [0, 0.05) is 15.3 Å². The minimum Gasteiger partial charge on any atom is -0.301 e. The number of carbonyl (C=O) groups excluding carboxylic acids is 1. The number of thiazole rings is 1. The Morgan fingerprint density at radius 3 is 2.70 bits per heavy atom. The Kier molecular flexibility index (Phi) is 5.46. The lowest BCUT2D eigenvalue weighted by Crippen LogP contribution is -2.13. The van der Waals surface area contributed by atoms with Crippen molar-refractivity contribution in [1.82, 2.24) is 4.98 Å². The Balaban J connectivity index is 1.84. The first kappa shape index (κ1) is 15.4. The molecule has 0 atom stereocenters. The number of nitrogens with one attached hydrogen (secondary N) is 1. The zero-order chi connectivity index (χ0) is 14.5. The number of rotatable bonds is 5. The molecule has 106 valence electrons. The molecule has 2 aromatic rings. The highest BCUT2D eigenvalue weighted by molar-refractivity contribution is 8.00. The molecule has 1 heterocycles. The van der Waals surface area contributed by atoms with Crippen LogP contribution in [0.15, 0.2) is 34.5 Å². The fourth-order valence-corrected chi connectivity index (χ4v) is 3.16. The molecule has 1 aromatic heterocycles. The van der Waals surface area contributed by atoms with E-state index in [-0.39, 0.29) is 5.91 Å². The van der Waals surface area contributed by atoms with E-state index >= 15 is 0 Å². The summed E-state index contributed by atoms with van der Waals surface area (Å²) in [5.74, 6) is 0.688. The number of halogens is 1. The van der Waals surface area contributed by atoms with E-state index in [4.69, 9.17) is 11.6 Å². The molecule has 0 radical (unpaired) electrons. The van der Waals surface area contributed by atoms with E-state index < -0.39 is 0 Å². The molecule has 1 N–H and O–H groups in total. The monoisotopic (exact) mass is 326 g/mol. The third kappa shape index (κ3) is 4.51. The van der Waals surface area contributed by atoms with Crippen LogP contribution < -0.4 is 5.32 Å². The minimum absolute atomic E-state index is 0.0467. The largest absolute Gasteiger partial charge is 0.301 e. The molecule has 0 aliphatic rings. The molecule has 0 bridgehead atoms. The minimum atomic E-state index is -0.0467. The van der Waals surface area contributed by atoms with Gasteiger partial charge >= 0.3 is 0 Å². The van der Waals surface area contributed by atoms with Gasteiger partial charge < -0.3 is 5.32 Å². The zero-order valence-corrected chi connectivity index (χ0v) is 13.6. The lowest BCUT2D eigenvalue weighted by molar-refractivity contribution is -0.113. The molecule has 0 unspecified atom stereocenters. The summed E-state index contributed by atoms with van der Waals surface area (Å²) in [6, 6.07) is 7.44. The van der Waals surface area contributed by atoms with E-state index in [1.807, 2.05) is 29.6 Å². The van der Waals surface area contributed by atoms with Crippen LogP contribution in [-0.4, -0.2) is 16.6 Å². The highest BCUT2D eigenvalue weighted by Gasteiger charge is 2.09. The Bertz CT molecular complexity index is 581. The van der Waals surface area contributed by atoms with Crippen LogP contribution in [0.2, 0.25) is 5.02 Å². The molecule has 3 nitrogen and oxygen atoms in total. The van der Waals surface area contributed by atoms with E-state index in [0.717, 1.165) is 10.6 Å². The fourth-order valence-electron chi connectivity index (χ4n) is 1.44. The predicted molar refractivity (Wildman–Crippen MR) is 87.0 cm³/mol. The Labute approximate surface area is 131 Å². The van der Waals surface area contributed by atoms with Gasteiger partial charge in [0.05, 0.1) is 11.4 Å². The van der Waals surface area contributed by atoms with Crippen molar-refractivity contribution in [3.05, 3.63) is 40.4 Å². The third-order valence-corrected chi connectivity index (χ3v) is 4.58. The van der Waals surface area contributed by atoms with Gasteiger partial charge in [0.2, 0.25) is 5.91 Å². The van der Waals surface area contributed by atoms with Crippen molar-refractivity contribution in [1.29, 1.82) is 0 Å². The summed E-state index contributed by atoms with van der Waals surface area (Å²) in [7, 11) is 0. The van der Waals surface area contributed by atoms with Gasteiger partial charge in [-0.1, -0.05) is 25.4 Å². The van der Waals surface area contributed by atoms with Crippen LogP contribution in [0, 0.1) is 0 Å². The third-order valence-electron chi connectivity index (χ3n) is 2.54. The standard InChI is InChI=1S/C14H15ClN2OS2/c1-9(2)12-7-20-14(16-12)17-13(18)8-19-11-5-3-10(15)4-6-11/h3-7,9H,8H2,1-2H3,(H,16,17,18). The number of nitrogens with zero attached hydrogens (tertiary/aromatic N) is 1. The highest BCUT2D eigenvalue weighted by atomic mass is 35.5. The molecule has 2 rings (SSSR count). The summed E-state index contributed by atoms with van der Waals surface area (Å²) in [6.45, 7) is 4.16. The normalized spacial score (nSPS) is 10.8. The Hall–Kier alpha value is -1.04. The molecule has 1 aromatic carbocycles. The molecule has 1 amide bonds. The number of benzene rings is 1. The maximum atomic E-state index is 11.8. The molecule has 6 heteroatoms. The Morgan fingerprint density at radius 1 is 1.40 bits per heavy atom. The van der Waals surface area contributed by atoms with Gasteiger partial charge in [-0.3, -0.25) is 4.79 Å². The van der Waals surface area contributed by atoms with Crippen molar-refractivity contribution in [3.63, 3.8) is 0 Å². The van der Waals surface area contributed by atoms with Crippen LogP contribution in [0.25, 0.3) is 0 Å². The Morgan fingerprint density at radius 2 is 2.10 bits per heavy atom. The summed E-state index contributed by atoms with van der Waals surface area (Å²) >= 11 is 8.75. The van der Waals surface area contributed by atoms with E-state index in [0.29, 0.717) is 21.8 Å². The van der Waals surface area contributed by atoms with Gasteiger partial charge in [0.25, 0.3) is 0 Å². The smallest absolute Gasteiger partial charge is 0.236 e. The van der Waals surface area contributed by atoms with Crippen molar-refractivity contribution >= 4 is 45.7 Å². The lowest BCUT2D eigenvalue weighted by Gasteiger charge is -2.02. The van der Waals surface area contributed by atoms with Gasteiger partial charge in [0.1, 0.15) is 0 Å². The zero-order valence-electron chi connectivity index (χ0n) is 11.2. The number of amides is 1. The SMILES string of the molecule is CC(C)c1csc(NC(=O)CSc2ccc(Cl)cc2)n1. The van der Waals surface area contributed by atoms with Crippen LogP contribution in [0.4, 0.5) is 5.13 Å². The maximum Gasteiger partial charge on any atom is 0.236 e. The van der Waals surface area contributed by atoms with Gasteiger partial charge in [-0.25, -0.2) is 4.98 Å². The molecule has 0 saturated heterocycles. The van der Waals surface area contributed by atoms with Gasteiger partial charge in [0.15, 0.2) is 5.13 Å². The highest BCUT2D eigenvalue weighted by Crippen LogP contribution is 2.23. The van der Waals surface area contributed by atoms with Crippen molar-refractivity contribution in [3.8, 4) is 0 Å². The van der Waals surface area contributed by atoms with Crippen molar-refractivity contribution < 1.29 is 4.79 Å². The van der Waals surface area contributed by atoms with Gasteiger partial charge in [-0.2, -0.15) is 0 Å². The van der Waals surface area contributed by atoms with Crippen LogP contribution in [0.1, 0.15) is 25.5 Å². The predicted octanol–water partition coefficient (Wildman–Crippen LogP) is 4.65. The summed E-state index contributed by atoms with van der Waals surface area (Å²) in [6.07, 6.45) is 0. The number of thioether (sulfide) groups is 1. The van der Waals surface area contributed by atoms with Crippen LogP contribution in [0.5, 0.6) is 0 Å². The molecule has 0 fully saturated rings. The number of carbonyl (C=O) groups is 1.